The van der Waals surface area contributed by atoms with Crippen molar-refractivity contribution in [3.8, 4) is 34.0 Å². The largest absolute Gasteiger partial charge is 0.480 e. The lowest BCUT2D eigenvalue weighted by Crippen LogP contribution is -2.27. The molecule has 7 nitrogen and oxygen atoms in total. The topological polar surface area (TPSA) is 73.3 Å². The van der Waals surface area contributed by atoms with Crippen molar-refractivity contribution in [3.05, 3.63) is 42.2 Å². The molecule has 0 radical (unpaired) electrons. The Morgan fingerprint density at radius 3 is 2.73 bits per heavy atom. The quantitative estimate of drug-likeness (QED) is 0.406. The molecule has 1 aliphatic heterocycles. The third-order valence-electron chi connectivity index (χ3n) is 5.23. The number of hydrogen-bond donors (Lipinski definition) is 0. The molecule has 0 saturated carbocycles. The number of methoxy groups -OCH3 is 1. The minimum absolute atomic E-state index is 0.294. The molecule has 4 rings (SSSR count). The van der Waals surface area contributed by atoms with Crippen molar-refractivity contribution in [2.24, 2.45) is 5.41 Å². The predicted molar refractivity (Wildman–Crippen MR) is 134 cm³/mol. The van der Waals surface area contributed by atoms with Gasteiger partial charge in [0, 0.05) is 24.4 Å². The van der Waals surface area contributed by atoms with E-state index >= 15 is 0 Å². The van der Waals surface area contributed by atoms with Gasteiger partial charge < -0.3 is 14.4 Å². The molecule has 0 bridgehead atoms. The lowest BCUT2D eigenvalue weighted by atomic mass is 9.96. The fourth-order valence-corrected chi connectivity index (χ4v) is 4.83. The second-order valence-corrected chi connectivity index (χ2v) is 10.3. The number of benzene rings is 1. The van der Waals surface area contributed by atoms with Crippen molar-refractivity contribution in [2.45, 2.75) is 40.7 Å². The molecule has 0 fully saturated rings. The summed E-state index contributed by atoms with van der Waals surface area (Å²) in [5.74, 6) is 3.82. The van der Waals surface area contributed by atoms with Gasteiger partial charge in [-0.3, -0.25) is 0 Å². The summed E-state index contributed by atoms with van der Waals surface area (Å²) < 4.78 is 11.3. The van der Waals surface area contributed by atoms with E-state index in [4.69, 9.17) is 19.4 Å². The van der Waals surface area contributed by atoms with Gasteiger partial charge in [-0.25, -0.2) is 4.98 Å². The van der Waals surface area contributed by atoms with Crippen molar-refractivity contribution >= 4 is 17.7 Å². The Kier molecular flexibility index (Phi) is 7.02. The number of rotatable bonds is 8. The van der Waals surface area contributed by atoms with E-state index in [2.05, 4.69) is 61.0 Å². The van der Waals surface area contributed by atoms with Gasteiger partial charge in [-0.15, -0.1) is 16.9 Å². The molecule has 0 unspecified atom stereocenters. The summed E-state index contributed by atoms with van der Waals surface area (Å²) in [6.45, 7) is 10.3. The highest BCUT2D eigenvalue weighted by Crippen LogP contribution is 2.38. The van der Waals surface area contributed by atoms with Gasteiger partial charge >= 0.3 is 0 Å². The average molecular weight is 466 g/mol. The first-order valence-electron chi connectivity index (χ1n) is 11.2. The molecule has 0 N–H and O–H groups in total. The van der Waals surface area contributed by atoms with Gasteiger partial charge in [0.15, 0.2) is 0 Å². The highest BCUT2D eigenvalue weighted by Gasteiger charge is 2.22. The van der Waals surface area contributed by atoms with Crippen molar-refractivity contribution in [3.63, 3.8) is 0 Å². The zero-order valence-corrected chi connectivity index (χ0v) is 20.8. The molecular weight excluding hydrogens is 434 g/mol. The van der Waals surface area contributed by atoms with Crippen LogP contribution in [-0.4, -0.2) is 45.4 Å². The molecule has 0 atom stereocenters. The van der Waals surface area contributed by atoms with Crippen LogP contribution in [0.4, 0.5) is 5.95 Å². The molecule has 174 valence electrons. The Balaban J connectivity index is 1.57. The predicted octanol–water partition coefficient (Wildman–Crippen LogP) is 5.45. The fourth-order valence-electron chi connectivity index (χ4n) is 3.67. The Labute approximate surface area is 200 Å². The molecule has 2 aromatic heterocycles. The third-order valence-corrected chi connectivity index (χ3v) is 6.80. The van der Waals surface area contributed by atoms with Crippen LogP contribution in [-0.2, 0) is 6.61 Å². The Bertz CT molecular complexity index is 1120. The number of anilines is 1. The number of nitrogens with zero attached hydrogens (tertiary/aromatic N) is 5. The van der Waals surface area contributed by atoms with Crippen LogP contribution in [0.15, 0.2) is 36.7 Å². The molecule has 0 amide bonds. The summed E-state index contributed by atoms with van der Waals surface area (Å²) in [4.78, 5) is 11.7. The summed E-state index contributed by atoms with van der Waals surface area (Å²) in [5, 5.41) is 7.97. The first kappa shape index (κ1) is 23.3. The van der Waals surface area contributed by atoms with Crippen LogP contribution in [0.3, 0.4) is 0 Å². The van der Waals surface area contributed by atoms with E-state index in [-0.39, 0.29) is 0 Å². The van der Waals surface area contributed by atoms with Crippen molar-refractivity contribution < 1.29 is 9.47 Å². The molecule has 1 aliphatic rings. The zero-order valence-electron chi connectivity index (χ0n) is 20.0. The summed E-state index contributed by atoms with van der Waals surface area (Å²) in [7, 11) is 1.59. The standard InChI is InChI=1S/C25H31N5O2S/c1-6-9-30(16-33-15-25(2,3)4)24-26-13-21-20-8-7-17(10-19(20)14-32-23(21)28-24)18-11-22(31-5)29-27-12-18/h7-8,10-13H,6,9,14-16H2,1-5H3. The lowest BCUT2D eigenvalue weighted by Gasteiger charge is -2.26. The molecule has 3 heterocycles. The van der Waals surface area contributed by atoms with Crippen LogP contribution in [0, 0.1) is 5.41 Å². The SMILES string of the molecule is CCCN(CSCC(C)(C)C)c1ncc2c(n1)OCc1cc(-c3cnnc(OC)c3)ccc1-2. The first-order chi connectivity index (χ1) is 15.9. The second kappa shape index (κ2) is 9.95. The fraction of sp³-hybridized carbons (Fsp3) is 0.440. The Morgan fingerprint density at radius 2 is 1.97 bits per heavy atom. The highest BCUT2D eigenvalue weighted by molar-refractivity contribution is 7.99. The van der Waals surface area contributed by atoms with E-state index in [1.807, 2.05) is 24.0 Å². The van der Waals surface area contributed by atoms with Crippen LogP contribution in [0.25, 0.3) is 22.3 Å². The monoisotopic (exact) mass is 465 g/mol. The maximum Gasteiger partial charge on any atom is 0.233 e. The minimum atomic E-state index is 0.294. The molecule has 33 heavy (non-hydrogen) atoms. The van der Waals surface area contributed by atoms with Crippen LogP contribution in [0.5, 0.6) is 11.8 Å². The number of thioether (sulfide) groups is 1. The van der Waals surface area contributed by atoms with Gasteiger partial charge in [-0.1, -0.05) is 39.8 Å². The number of aromatic nitrogens is 4. The van der Waals surface area contributed by atoms with E-state index in [1.165, 1.54) is 0 Å². The number of fused-ring (bicyclic) bond motifs is 3. The maximum atomic E-state index is 6.08. The first-order valence-corrected chi connectivity index (χ1v) is 12.4. The number of hydrogen-bond acceptors (Lipinski definition) is 8. The van der Waals surface area contributed by atoms with Gasteiger partial charge in [0.2, 0.25) is 17.7 Å². The molecule has 1 aromatic carbocycles. The maximum absolute atomic E-state index is 6.08. The van der Waals surface area contributed by atoms with Crippen LogP contribution < -0.4 is 14.4 Å². The normalized spacial score (nSPS) is 12.5. The van der Waals surface area contributed by atoms with Crippen molar-refractivity contribution in [1.29, 1.82) is 0 Å². The van der Waals surface area contributed by atoms with Crippen molar-refractivity contribution in [1.82, 2.24) is 20.2 Å². The van der Waals surface area contributed by atoms with Gasteiger partial charge in [0.25, 0.3) is 0 Å². The lowest BCUT2D eigenvalue weighted by molar-refractivity contribution is 0.289. The van der Waals surface area contributed by atoms with Gasteiger partial charge in [0.1, 0.15) is 6.61 Å². The summed E-state index contributed by atoms with van der Waals surface area (Å²) in [5.41, 5.74) is 5.41. The van der Waals surface area contributed by atoms with Crippen LogP contribution in [0.1, 0.15) is 39.7 Å². The molecule has 0 aliphatic carbocycles. The molecule has 8 heteroatoms. The van der Waals surface area contributed by atoms with Crippen LogP contribution in [0.2, 0.25) is 0 Å². The minimum Gasteiger partial charge on any atom is -0.480 e. The third kappa shape index (κ3) is 5.55. The molecule has 3 aromatic rings. The highest BCUT2D eigenvalue weighted by atomic mass is 32.2. The number of ether oxygens (including phenoxy) is 2. The Morgan fingerprint density at radius 1 is 1.12 bits per heavy atom. The molecular formula is C25H31N5O2S. The Hall–Kier alpha value is -2.87. The molecule has 0 spiro atoms. The van der Waals surface area contributed by atoms with Crippen LogP contribution >= 0.6 is 11.8 Å². The van der Waals surface area contributed by atoms with Gasteiger partial charge in [-0.2, -0.15) is 10.1 Å². The van der Waals surface area contributed by atoms with Crippen molar-refractivity contribution in [2.75, 3.05) is 30.2 Å². The van der Waals surface area contributed by atoms with E-state index in [0.29, 0.717) is 23.8 Å². The van der Waals surface area contributed by atoms with E-state index in [1.54, 1.807) is 13.3 Å². The summed E-state index contributed by atoms with van der Waals surface area (Å²) >= 11 is 1.92. The van der Waals surface area contributed by atoms with E-state index in [0.717, 1.165) is 58.4 Å². The summed E-state index contributed by atoms with van der Waals surface area (Å²) in [6.07, 6.45) is 4.67. The average Bonchev–Trinajstić information content (AvgIpc) is 2.82. The zero-order chi connectivity index (χ0) is 23.4. The van der Waals surface area contributed by atoms with Gasteiger partial charge in [-0.05, 0) is 40.3 Å². The smallest absolute Gasteiger partial charge is 0.233 e. The molecule has 0 saturated heterocycles. The van der Waals surface area contributed by atoms with E-state index < -0.39 is 0 Å². The van der Waals surface area contributed by atoms with E-state index in [9.17, 15) is 0 Å². The van der Waals surface area contributed by atoms with Gasteiger partial charge in [0.05, 0.1) is 24.7 Å². The second-order valence-electron chi connectivity index (χ2n) is 9.34. The summed E-state index contributed by atoms with van der Waals surface area (Å²) in [6, 6.07) is 8.17.